The number of benzene rings is 3. The highest BCUT2D eigenvalue weighted by Gasteiger charge is 2.44. The molecule has 32 heavy (non-hydrogen) atoms. The first-order chi connectivity index (χ1) is 14.9. The molecule has 0 amide bonds. The van der Waals surface area contributed by atoms with Crippen LogP contribution in [0, 0.1) is 64.0 Å². The van der Waals surface area contributed by atoms with Gasteiger partial charge in [0.15, 0.2) is 52.4 Å². The molecule has 0 atom stereocenters. The average Bonchev–Trinajstić information content (AvgIpc) is 2.72. The third-order valence-electron chi connectivity index (χ3n) is 4.53. The van der Waals surface area contributed by atoms with Crippen LogP contribution in [0.2, 0.25) is 0 Å². The van der Waals surface area contributed by atoms with Crippen LogP contribution >= 0.6 is 0 Å². The van der Waals surface area contributed by atoms with E-state index in [1.54, 1.807) is 0 Å². The van der Waals surface area contributed by atoms with Crippen molar-refractivity contribution in [3.8, 4) is 5.75 Å². The van der Waals surface area contributed by atoms with Crippen LogP contribution in [0.5, 0.6) is 5.75 Å². The van der Waals surface area contributed by atoms with Gasteiger partial charge in [0, 0.05) is 18.2 Å². The van der Waals surface area contributed by atoms with Gasteiger partial charge in [-0.05, 0) is 13.3 Å². The van der Waals surface area contributed by atoms with E-state index in [9.17, 15) is 48.3 Å². The van der Waals surface area contributed by atoms with Gasteiger partial charge in [0.25, 0.3) is 0 Å². The predicted molar refractivity (Wildman–Crippen MR) is 90.1 cm³/mol. The zero-order valence-corrected chi connectivity index (χ0v) is 16.5. The molecule has 3 rings (SSSR count). The summed E-state index contributed by atoms with van der Waals surface area (Å²) in [6.45, 7) is 0. The lowest BCUT2D eigenvalue weighted by Crippen LogP contribution is -2.59. The Kier molecular flexibility index (Phi) is 6.44. The molecule has 0 saturated carbocycles. The fraction of sp³-hybridized carbons (Fsp3) is 0.0526. The average molecular weight is 486 g/mol. The Morgan fingerprint density at radius 2 is 0.844 bits per heavy atom. The topological polar surface area (TPSA) is 9.23 Å². The van der Waals surface area contributed by atoms with Crippen LogP contribution in [0.4, 0.5) is 48.3 Å². The van der Waals surface area contributed by atoms with Gasteiger partial charge >= 0.3 is 14.1 Å². The van der Waals surface area contributed by atoms with Gasteiger partial charge in [-0.1, -0.05) is 0 Å². The zero-order valence-electron chi connectivity index (χ0n) is 15.4. The van der Waals surface area contributed by atoms with E-state index in [1.807, 2.05) is 0 Å². The van der Waals surface area contributed by atoms with Crippen molar-refractivity contribution in [2.24, 2.45) is 0 Å². The summed E-state index contributed by atoms with van der Waals surface area (Å²) in [6, 6.07) is -0.619. The molecule has 1 nitrogen and oxygen atoms in total. The monoisotopic (exact) mass is 486 g/mol. The van der Waals surface area contributed by atoms with Gasteiger partial charge in [-0.3, -0.25) is 0 Å². The molecule has 0 radical (unpaired) electrons. The van der Waals surface area contributed by atoms with E-state index < -0.39 is 97.2 Å². The lowest BCUT2D eigenvalue weighted by molar-refractivity contribution is 0.381. The molecule has 0 aliphatic heterocycles. The maximum absolute atomic E-state index is 14.7. The normalized spacial score (nSPS) is 11.1. The smallest absolute Gasteiger partial charge is 0.413 e. The van der Waals surface area contributed by atoms with Crippen LogP contribution in [0.25, 0.3) is 0 Å². The fourth-order valence-corrected chi connectivity index (χ4v) is 6.44. The Balaban J connectivity index is 2.60. The molecule has 0 spiro atoms. The second kappa shape index (κ2) is 8.63. The molecule has 168 valence electrons. The van der Waals surface area contributed by atoms with Crippen molar-refractivity contribution in [3.63, 3.8) is 0 Å². The first-order valence-corrected chi connectivity index (χ1v) is 10.0. The Morgan fingerprint density at radius 3 is 1.25 bits per heavy atom. The van der Waals surface area contributed by atoms with Crippen molar-refractivity contribution >= 4 is 27.4 Å². The second-order valence-electron chi connectivity index (χ2n) is 6.30. The second-order valence-corrected chi connectivity index (χ2v) is 8.90. The highest BCUT2D eigenvalue weighted by Crippen LogP contribution is 2.23. The molecular weight excluding hydrogens is 480 g/mol. The first kappa shape index (κ1) is 23.9. The van der Waals surface area contributed by atoms with Crippen LogP contribution in [-0.4, -0.2) is 21.3 Å². The van der Waals surface area contributed by atoms with Crippen LogP contribution in [0.3, 0.4) is 0 Å². The zero-order chi connectivity index (χ0) is 24.1. The van der Waals surface area contributed by atoms with Gasteiger partial charge in [-0.2, -0.15) is 0 Å². The highest BCUT2D eigenvalue weighted by atomic mass is 27.2. The van der Waals surface area contributed by atoms with Crippen molar-refractivity contribution in [3.05, 3.63) is 82.2 Å². The molecule has 0 heterocycles. The molecule has 3 aromatic rings. The Morgan fingerprint density at radius 1 is 0.469 bits per heavy atom. The maximum Gasteiger partial charge on any atom is 0.413 e. The van der Waals surface area contributed by atoms with Gasteiger partial charge in [0.1, 0.15) is 17.4 Å². The number of hydrogen-bond acceptors (Lipinski definition) is 1. The van der Waals surface area contributed by atoms with Gasteiger partial charge in [0.05, 0.1) is 7.11 Å². The largest absolute Gasteiger partial charge is 0.495 e. The van der Waals surface area contributed by atoms with Gasteiger partial charge < -0.3 is 4.74 Å². The summed E-state index contributed by atoms with van der Waals surface area (Å²) in [5.41, 5.74) is 0. The van der Waals surface area contributed by atoms with Crippen LogP contribution in [0.15, 0.2) is 18.2 Å². The van der Waals surface area contributed by atoms with Crippen LogP contribution < -0.4 is 18.0 Å². The lowest BCUT2D eigenvalue weighted by Gasteiger charge is -2.21. The van der Waals surface area contributed by atoms with E-state index >= 15 is 0 Å². The molecule has 0 N–H and O–H groups in total. The summed E-state index contributed by atoms with van der Waals surface area (Å²) >= 11 is -5.01. The van der Waals surface area contributed by atoms with E-state index in [-0.39, 0.29) is 18.2 Å². The van der Waals surface area contributed by atoms with Gasteiger partial charge in [0.2, 0.25) is 0 Å². The van der Waals surface area contributed by atoms with Crippen molar-refractivity contribution in [1.82, 2.24) is 0 Å². The molecule has 0 aliphatic rings. The molecule has 0 aliphatic carbocycles. The Labute approximate surface area is 176 Å². The molecule has 0 bridgehead atoms. The minimum Gasteiger partial charge on any atom is -0.495 e. The summed E-state index contributed by atoms with van der Waals surface area (Å²) < 4.78 is 155. The highest BCUT2D eigenvalue weighted by molar-refractivity contribution is 6.96. The standard InChI is InChI=1S/C7H4F3O.2C6HF4.Al/c1-11-7-3-5(9)4(8)2-6(7)10;2*7-3-1-4(8)6(10)5(9)2-3;/h2H,1H3;2*1H;. The summed E-state index contributed by atoms with van der Waals surface area (Å²) in [7, 11) is 0.667. The summed E-state index contributed by atoms with van der Waals surface area (Å²) in [5.74, 6) is -25.0. The van der Waals surface area contributed by atoms with Gasteiger partial charge in [-0.15, -0.1) is 0 Å². The summed E-state index contributed by atoms with van der Waals surface area (Å²) in [4.78, 5) is 0. The molecular formula is C19H6AlF11O. The van der Waals surface area contributed by atoms with Crippen molar-refractivity contribution in [2.45, 2.75) is 0 Å². The Hall–Kier alpha value is -2.78. The number of halogens is 11. The van der Waals surface area contributed by atoms with E-state index in [0.29, 0.717) is 7.11 Å². The number of hydrogen-bond donors (Lipinski definition) is 0. The quantitative estimate of drug-likeness (QED) is 0.237. The van der Waals surface area contributed by atoms with Crippen molar-refractivity contribution in [2.75, 3.05) is 7.11 Å². The third-order valence-corrected chi connectivity index (χ3v) is 7.84. The van der Waals surface area contributed by atoms with E-state index in [4.69, 9.17) is 0 Å². The summed E-state index contributed by atoms with van der Waals surface area (Å²) in [6.07, 6.45) is 0. The number of ether oxygens (including phenoxy) is 1. The molecule has 0 saturated heterocycles. The molecule has 13 heteroatoms. The minimum atomic E-state index is -5.01. The van der Waals surface area contributed by atoms with Crippen LogP contribution in [0.1, 0.15) is 0 Å². The molecule has 0 fully saturated rings. The molecule has 3 aromatic carbocycles. The number of rotatable bonds is 4. The predicted octanol–water partition coefficient (Wildman–Crippen LogP) is 3.74. The third kappa shape index (κ3) is 3.69. The summed E-state index contributed by atoms with van der Waals surface area (Å²) in [5, 5.41) is 0. The molecule has 0 aromatic heterocycles. The SMILES string of the molecule is COc1c(F)cc(F)c(F)[c]1[Al]([c]1c(F)cc(F)c(F)c1F)[c]1c(F)cc(F)c(F)c1F. The van der Waals surface area contributed by atoms with E-state index in [0.717, 1.165) is 0 Å². The number of methoxy groups -OCH3 is 1. The van der Waals surface area contributed by atoms with Gasteiger partial charge in [-0.25, -0.2) is 48.3 Å². The Bertz CT molecular complexity index is 1180. The maximum atomic E-state index is 14.7. The van der Waals surface area contributed by atoms with Crippen LogP contribution in [-0.2, 0) is 0 Å². The van der Waals surface area contributed by atoms with Crippen molar-refractivity contribution < 1.29 is 53.0 Å². The van der Waals surface area contributed by atoms with Crippen molar-refractivity contribution in [1.29, 1.82) is 0 Å². The minimum absolute atomic E-state index is 0.0704. The first-order valence-electron chi connectivity index (χ1n) is 8.29. The fourth-order valence-electron chi connectivity index (χ4n) is 3.19. The lowest BCUT2D eigenvalue weighted by atomic mass is 10.3. The van der Waals surface area contributed by atoms with E-state index in [1.165, 1.54) is 0 Å². The van der Waals surface area contributed by atoms with E-state index in [2.05, 4.69) is 4.74 Å². The molecule has 0 unspecified atom stereocenters.